The molecule has 2 unspecified atom stereocenters. The number of alkyl halides is 3. The van der Waals surface area contributed by atoms with Crippen LogP contribution >= 0.6 is 23.4 Å². The Morgan fingerprint density at radius 3 is 2.06 bits per heavy atom. The van der Waals surface area contributed by atoms with Crippen molar-refractivity contribution < 1.29 is 34.4 Å². The summed E-state index contributed by atoms with van der Waals surface area (Å²) >= 11 is 7.76. The zero-order valence-corrected chi connectivity index (χ0v) is 39.3. The van der Waals surface area contributed by atoms with E-state index in [2.05, 4.69) is 19.8 Å². The number of nitrogens with zero attached hydrogens (tertiary/aromatic N) is 3. The first-order valence-corrected chi connectivity index (χ1v) is 25.8. The molecule has 2 N–H and O–H groups in total. The largest absolute Gasteiger partial charge is 0.475 e. The molecule has 0 aliphatic carbocycles. The molecule has 1 aliphatic rings. The molecule has 0 spiro atoms. The molecule has 1 fully saturated rings. The van der Waals surface area contributed by atoms with Crippen molar-refractivity contribution in [2.24, 2.45) is 0 Å². The zero-order chi connectivity index (χ0) is 45.9. The smallest absolute Gasteiger partial charge is 0.383 e. The second-order valence-corrected chi connectivity index (χ2v) is 21.6. The van der Waals surface area contributed by atoms with E-state index in [4.69, 9.17) is 11.6 Å². The number of thioether (sulfide) groups is 1. The molecule has 2 atom stereocenters. The summed E-state index contributed by atoms with van der Waals surface area (Å²) < 4.78 is 114. The lowest BCUT2D eigenvalue weighted by Crippen LogP contribution is -2.46. The van der Waals surface area contributed by atoms with E-state index in [-0.39, 0.29) is 21.5 Å². The van der Waals surface area contributed by atoms with Crippen LogP contribution in [0.4, 0.5) is 40.3 Å². The number of hydrogen-bond donors (Lipinski definition) is 2. The van der Waals surface area contributed by atoms with E-state index in [0.29, 0.717) is 77.4 Å². The van der Waals surface area contributed by atoms with Gasteiger partial charge in [0.15, 0.2) is 20.6 Å². The number of piperazine rings is 1. The maximum Gasteiger partial charge on any atom is 0.475 e. The van der Waals surface area contributed by atoms with Gasteiger partial charge >= 0.3 is 5.51 Å². The van der Waals surface area contributed by atoms with Crippen molar-refractivity contribution in [3.63, 3.8) is 0 Å². The van der Waals surface area contributed by atoms with Crippen LogP contribution in [0.25, 0.3) is 22.4 Å². The summed E-state index contributed by atoms with van der Waals surface area (Å²) in [6.45, 7) is 8.23. The fourth-order valence-electron chi connectivity index (χ4n) is 7.89. The molecule has 5 aromatic carbocycles. The van der Waals surface area contributed by atoms with Crippen LogP contribution in [0.5, 0.6) is 0 Å². The first kappa shape index (κ1) is 47.2. The average Bonchev–Trinajstić information content (AvgIpc) is 3.59. The van der Waals surface area contributed by atoms with E-state index in [1.807, 2.05) is 79.1 Å². The number of aromatic nitrogens is 1. The molecule has 64 heavy (non-hydrogen) atoms. The fourth-order valence-corrected chi connectivity index (χ4v) is 11.8. The Balaban J connectivity index is 1.04. The average molecular weight is 973 g/mol. The van der Waals surface area contributed by atoms with Gasteiger partial charge in [-0.25, -0.2) is 21.2 Å². The Kier molecular flexibility index (Phi) is 14.5. The number of sulfone groups is 1. The van der Waals surface area contributed by atoms with Crippen LogP contribution < -0.4 is 19.8 Å². The highest BCUT2D eigenvalue weighted by Crippen LogP contribution is 2.45. The summed E-state index contributed by atoms with van der Waals surface area (Å²) in [5.74, 6) is 0.0476. The van der Waals surface area contributed by atoms with Crippen LogP contribution in [0.15, 0.2) is 135 Å². The van der Waals surface area contributed by atoms with Gasteiger partial charge in [0.05, 0.1) is 26.1 Å². The highest BCUT2D eigenvalue weighted by Gasteiger charge is 2.39. The summed E-state index contributed by atoms with van der Waals surface area (Å²) in [6.07, 6.45) is 1.17. The maximum absolute atomic E-state index is 15.7. The molecular weight excluding hydrogens is 926 g/mol. The minimum absolute atomic E-state index is 0.0267. The number of nitrogens with one attached hydrogen (secondary N) is 2. The van der Waals surface area contributed by atoms with Gasteiger partial charge < -0.3 is 24.4 Å². The predicted octanol–water partition coefficient (Wildman–Crippen LogP) is 11.2. The van der Waals surface area contributed by atoms with Gasteiger partial charge in [0.25, 0.3) is 0 Å². The van der Waals surface area contributed by atoms with Crippen LogP contribution in [0.3, 0.4) is 0 Å². The van der Waals surface area contributed by atoms with Crippen molar-refractivity contribution >= 4 is 77.7 Å². The molecular formula is C46H46ClF4N5O4S4. The third-order valence-corrected chi connectivity index (χ3v) is 15.4. The van der Waals surface area contributed by atoms with Crippen LogP contribution in [0.1, 0.15) is 25.6 Å². The zero-order valence-electron chi connectivity index (χ0n) is 35.3. The molecule has 1 aliphatic heterocycles. The quantitative estimate of drug-likeness (QED) is 0.0596. The number of anilines is 4. The Bertz CT molecular complexity index is 2780. The Morgan fingerprint density at radius 2 is 1.45 bits per heavy atom. The predicted molar refractivity (Wildman–Crippen MR) is 254 cm³/mol. The van der Waals surface area contributed by atoms with Crippen LogP contribution in [0, 0.1) is 12.7 Å². The summed E-state index contributed by atoms with van der Waals surface area (Å²) in [5, 5.41) is 3.48. The van der Waals surface area contributed by atoms with Gasteiger partial charge in [0, 0.05) is 89.0 Å². The standard InChI is InChI=1S/C46H46ClF4N5O4S4/c1-30(2)56-31(3)45(64(4,59)60)43(44(56)32-10-12-34(47)13-11-32)33-26-35(48)28-38(27-33)55-23-21-54(22-24-55)37-16-14-36(15-17-37)53-63(58)40-18-19-41(42(29-40)62(57)46(49,50)51)52-20-25-61-39-8-6-5-7-9-39/h5-19,26-30,52-53H,20-25H2,1-4H3. The van der Waals surface area contributed by atoms with E-state index >= 15 is 4.39 Å². The Labute approximate surface area is 385 Å². The van der Waals surface area contributed by atoms with Gasteiger partial charge in [-0.2, -0.15) is 13.2 Å². The van der Waals surface area contributed by atoms with E-state index in [0.717, 1.165) is 22.2 Å². The number of rotatable bonds is 15. The molecule has 0 bridgehead atoms. The molecule has 338 valence electrons. The van der Waals surface area contributed by atoms with Crippen molar-refractivity contribution in [2.45, 2.75) is 51.9 Å². The molecule has 1 saturated heterocycles. The molecule has 18 heteroatoms. The minimum atomic E-state index is -5.02. The van der Waals surface area contributed by atoms with Crippen molar-refractivity contribution in [3.05, 3.63) is 132 Å². The lowest BCUT2D eigenvalue weighted by atomic mass is 9.99. The molecule has 0 saturated carbocycles. The van der Waals surface area contributed by atoms with Crippen LogP contribution in [-0.4, -0.2) is 71.6 Å². The molecule has 9 nitrogen and oxygen atoms in total. The van der Waals surface area contributed by atoms with Crippen molar-refractivity contribution in [1.29, 1.82) is 0 Å². The third-order valence-electron chi connectivity index (χ3n) is 10.7. The number of benzene rings is 5. The normalized spacial score (nSPS) is 14.5. The molecule has 2 heterocycles. The lowest BCUT2D eigenvalue weighted by molar-refractivity contribution is -0.0384. The minimum Gasteiger partial charge on any atom is -0.383 e. The van der Waals surface area contributed by atoms with Crippen LogP contribution in [-0.2, 0) is 31.6 Å². The van der Waals surface area contributed by atoms with Gasteiger partial charge in [0.2, 0.25) is 0 Å². The third kappa shape index (κ3) is 10.8. The lowest BCUT2D eigenvalue weighted by Gasteiger charge is -2.37. The van der Waals surface area contributed by atoms with Crippen molar-refractivity contribution in [2.75, 3.05) is 64.6 Å². The van der Waals surface area contributed by atoms with E-state index in [9.17, 15) is 30.0 Å². The monoisotopic (exact) mass is 971 g/mol. The molecule has 6 aromatic rings. The van der Waals surface area contributed by atoms with Gasteiger partial charge in [-0.05, 0) is 117 Å². The van der Waals surface area contributed by atoms with Gasteiger partial charge in [-0.1, -0.05) is 41.9 Å². The Hall–Kier alpha value is -4.81. The second-order valence-electron chi connectivity index (χ2n) is 15.4. The second kappa shape index (κ2) is 19.7. The summed E-state index contributed by atoms with van der Waals surface area (Å²) in [6, 6.07) is 32.2. The Morgan fingerprint density at radius 1 is 0.812 bits per heavy atom. The van der Waals surface area contributed by atoms with E-state index < -0.39 is 47.8 Å². The molecule has 0 amide bonds. The van der Waals surface area contributed by atoms with Gasteiger partial charge in [0.1, 0.15) is 16.8 Å². The van der Waals surface area contributed by atoms with Crippen molar-refractivity contribution in [1.82, 2.24) is 4.57 Å². The molecule has 0 radical (unpaired) electrons. The summed E-state index contributed by atoms with van der Waals surface area (Å²) in [5.41, 5.74) is -0.189. The summed E-state index contributed by atoms with van der Waals surface area (Å²) in [7, 11) is -9.10. The molecule has 1 aromatic heterocycles. The first-order chi connectivity index (χ1) is 30.4. The van der Waals surface area contributed by atoms with Crippen molar-refractivity contribution in [3.8, 4) is 22.4 Å². The maximum atomic E-state index is 15.7. The highest BCUT2D eigenvalue weighted by atomic mass is 35.5. The van der Waals surface area contributed by atoms with Gasteiger partial charge in [-0.3, -0.25) is 0 Å². The number of halogens is 5. The van der Waals surface area contributed by atoms with E-state index in [1.54, 1.807) is 31.2 Å². The highest BCUT2D eigenvalue weighted by molar-refractivity contribution is 7.99. The van der Waals surface area contributed by atoms with Gasteiger partial charge in [-0.15, -0.1) is 11.8 Å². The van der Waals surface area contributed by atoms with Crippen LogP contribution in [0.2, 0.25) is 5.02 Å². The fraction of sp³-hybridized carbons (Fsp3) is 0.261. The molecule has 7 rings (SSSR count). The summed E-state index contributed by atoms with van der Waals surface area (Å²) in [4.78, 5) is 4.88. The number of hydrogen-bond acceptors (Lipinski definition) is 8. The van der Waals surface area contributed by atoms with E-state index in [1.165, 1.54) is 42.3 Å². The SMILES string of the molecule is Cc1c(S(C)(=O)=O)c(-c2cc(F)cc(N3CCN(c4ccc(NS(=O)c5ccc(NCCSc6ccccc6)c(S(=O)C(F)(F)F)c5)cc4)CC3)c2)c(-c2ccc(Cl)cc2)n1C(C)C. The first-order valence-electron chi connectivity index (χ1n) is 20.2. The topological polar surface area (TPSA) is 104 Å².